The molecule has 0 radical (unpaired) electrons. The van der Waals surface area contributed by atoms with Crippen LogP contribution in [0, 0.1) is 5.82 Å². The van der Waals surface area contributed by atoms with Crippen LogP contribution in [0.3, 0.4) is 0 Å². The number of nitrogens with one attached hydrogen (secondary N) is 3. The van der Waals surface area contributed by atoms with Crippen LogP contribution in [0.5, 0.6) is 0 Å². The molecule has 0 aliphatic carbocycles. The minimum absolute atomic E-state index is 0.277. The van der Waals surface area contributed by atoms with Crippen molar-refractivity contribution in [1.29, 1.82) is 0 Å². The molecule has 0 aliphatic heterocycles. The van der Waals surface area contributed by atoms with Crippen LogP contribution >= 0.6 is 23.4 Å². The van der Waals surface area contributed by atoms with E-state index in [2.05, 4.69) is 30.8 Å². The van der Waals surface area contributed by atoms with Gasteiger partial charge in [-0.05, 0) is 30.0 Å². The van der Waals surface area contributed by atoms with Crippen molar-refractivity contribution in [3.63, 3.8) is 0 Å². The van der Waals surface area contributed by atoms with Crippen LogP contribution in [0.15, 0.2) is 41.7 Å². The fraction of sp³-hybridized carbons (Fsp3) is 0.133. The number of benzene rings is 1. The zero-order valence-corrected chi connectivity index (χ0v) is 14.2. The van der Waals surface area contributed by atoms with E-state index in [9.17, 15) is 4.39 Å². The minimum Gasteiger partial charge on any atom is -0.365 e. The second-order valence-corrected chi connectivity index (χ2v) is 6.07. The van der Waals surface area contributed by atoms with Crippen molar-refractivity contribution >= 4 is 40.8 Å². The van der Waals surface area contributed by atoms with Gasteiger partial charge in [-0.25, -0.2) is 9.37 Å². The molecule has 0 unspecified atom stereocenters. The monoisotopic (exact) mass is 364 g/mol. The van der Waals surface area contributed by atoms with Crippen molar-refractivity contribution in [2.45, 2.75) is 11.4 Å². The molecule has 124 valence electrons. The number of halogens is 2. The van der Waals surface area contributed by atoms with Crippen molar-refractivity contribution in [3.05, 3.63) is 53.2 Å². The van der Waals surface area contributed by atoms with Gasteiger partial charge < -0.3 is 10.6 Å². The molecular weight excluding hydrogens is 351 g/mol. The molecule has 9 heteroatoms. The van der Waals surface area contributed by atoms with Gasteiger partial charge in [-0.2, -0.15) is 10.1 Å². The molecule has 3 aromatic rings. The molecule has 2 heterocycles. The second kappa shape index (κ2) is 7.50. The summed E-state index contributed by atoms with van der Waals surface area (Å²) in [5.41, 5.74) is 1.57. The van der Waals surface area contributed by atoms with Crippen molar-refractivity contribution in [3.8, 4) is 0 Å². The number of hydrogen-bond acceptors (Lipinski definition) is 6. The maximum absolute atomic E-state index is 13.5. The molecule has 2 aromatic heterocycles. The van der Waals surface area contributed by atoms with Gasteiger partial charge in [0.05, 0.1) is 18.1 Å². The molecule has 0 atom stereocenters. The van der Waals surface area contributed by atoms with E-state index in [1.165, 1.54) is 18.3 Å². The summed E-state index contributed by atoms with van der Waals surface area (Å²) in [7, 11) is 0. The highest BCUT2D eigenvalue weighted by Gasteiger charge is 2.08. The summed E-state index contributed by atoms with van der Waals surface area (Å²) in [6.45, 7) is 0.399. The van der Waals surface area contributed by atoms with Crippen LogP contribution in [0.4, 0.5) is 21.8 Å². The third-order valence-corrected chi connectivity index (χ3v) is 4.30. The molecule has 0 spiro atoms. The Morgan fingerprint density at radius 3 is 2.96 bits per heavy atom. The first kappa shape index (κ1) is 16.5. The highest BCUT2D eigenvalue weighted by molar-refractivity contribution is 7.98. The zero-order valence-electron chi connectivity index (χ0n) is 12.7. The van der Waals surface area contributed by atoms with Crippen molar-refractivity contribution in [1.82, 2.24) is 20.2 Å². The average Bonchev–Trinajstić information content (AvgIpc) is 3.08. The van der Waals surface area contributed by atoms with E-state index in [0.29, 0.717) is 23.3 Å². The molecule has 24 heavy (non-hydrogen) atoms. The summed E-state index contributed by atoms with van der Waals surface area (Å²) in [6.07, 6.45) is 6.74. The lowest BCUT2D eigenvalue weighted by Crippen LogP contribution is -2.06. The summed E-state index contributed by atoms with van der Waals surface area (Å²) in [5.74, 6) is 0.572. The van der Waals surface area contributed by atoms with Crippen LogP contribution in [0.25, 0.3) is 0 Å². The van der Waals surface area contributed by atoms with Crippen molar-refractivity contribution in [2.24, 2.45) is 0 Å². The number of thioether (sulfide) groups is 1. The maximum atomic E-state index is 13.5. The van der Waals surface area contributed by atoms with Crippen LogP contribution in [0.1, 0.15) is 5.56 Å². The summed E-state index contributed by atoms with van der Waals surface area (Å²) < 4.78 is 13.5. The Morgan fingerprint density at radius 2 is 2.21 bits per heavy atom. The number of aromatic amines is 1. The van der Waals surface area contributed by atoms with Gasteiger partial charge in [0.25, 0.3) is 0 Å². The largest absolute Gasteiger partial charge is 0.365 e. The van der Waals surface area contributed by atoms with E-state index >= 15 is 0 Å². The number of hydrogen-bond donors (Lipinski definition) is 3. The molecule has 0 saturated heterocycles. The summed E-state index contributed by atoms with van der Waals surface area (Å²) in [4.78, 5) is 9.44. The number of anilines is 3. The van der Waals surface area contributed by atoms with E-state index in [4.69, 9.17) is 11.6 Å². The molecule has 0 saturated carbocycles. The van der Waals surface area contributed by atoms with E-state index in [1.54, 1.807) is 30.2 Å². The first-order chi connectivity index (χ1) is 11.7. The lowest BCUT2D eigenvalue weighted by molar-refractivity contribution is 0.624. The van der Waals surface area contributed by atoms with E-state index in [1.807, 2.05) is 6.26 Å². The smallest absolute Gasteiger partial charge is 0.229 e. The van der Waals surface area contributed by atoms with Gasteiger partial charge in [0, 0.05) is 17.6 Å². The number of aromatic nitrogens is 4. The Hall–Kier alpha value is -2.32. The van der Waals surface area contributed by atoms with Gasteiger partial charge in [-0.15, -0.1) is 11.8 Å². The van der Waals surface area contributed by atoms with Gasteiger partial charge in [0.2, 0.25) is 5.95 Å². The van der Waals surface area contributed by atoms with Crippen molar-refractivity contribution < 1.29 is 4.39 Å². The maximum Gasteiger partial charge on any atom is 0.229 e. The Bertz CT molecular complexity index is 827. The molecule has 0 bridgehead atoms. The number of H-pyrrole nitrogens is 1. The normalized spacial score (nSPS) is 10.6. The first-order valence-electron chi connectivity index (χ1n) is 7.00. The molecule has 3 N–H and O–H groups in total. The minimum atomic E-state index is -0.277. The Morgan fingerprint density at radius 1 is 1.33 bits per heavy atom. The lowest BCUT2D eigenvalue weighted by Gasteiger charge is -2.11. The van der Waals surface area contributed by atoms with Crippen LogP contribution < -0.4 is 10.6 Å². The topological polar surface area (TPSA) is 78.5 Å². The molecule has 0 amide bonds. The van der Waals surface area contributed by atoms with E-state index in [-0.39, 0.29) is 5.82 Å². The highest BCUT2D eigenvalue weighted by Crippen LogP contribution is 2.25. The second-order valence-electron chi connectivity index (χ2n) is 4.81. The fourth-order valence-corrected chi connectivity index (χ4v) is 2.82. The number of rotatable bonds is 6. The fourth-order valence-electron chi connectivity index (χ4n) is 2.06. The molecule has 0 fully saturated rings. The third-order valence-electron chi connectivity index (χ3n) is 3.19. The quantitative estimate of drug-likeness (QED) is 0.572. The predicted octanol–water partition coefficient (Wildman–Crippen LogP) is 4.07. The Labute approximate surface area is 147 Å². The Balaban J connectivity index is 1.76. The van der Waals surface area contributed by atoms with Crippen LogP contribution in [-0.4, -0.2) is 26.4 Å². The lowest BCUT2D eigenvalue weighted by atomic mass is 10.2. The molecule has 0 aliphatic rings. The van der Waals surface area contributed by atoms with Crippen LogP contribution in [0.2, 0.25) is 5.02 Å². The molecular formula is C15H14ClFN6S. The van der Waals surface area contributed by atoms with Gasteiger partial charge >= 0.3 is 0 Å². The molecule has 1 aromatic carbocycles. The van der Waals surface area contributed by atoms with Gasteiger partial charge in [-0.3, -0.25) is 5.10 Å². The predicted molar refractivity (Wildman–Crippen MR) is 94.4 cm³/mol. The van der Waals surface area contributed by atoms with Gasteiger partial charge in [0.15, 0.2) is 5.82 Å². The summed E-state index contributed by atoms with van der Waals surface area (Å²) >= 11 is 7.69. The third kappa shape index (κ3) is 3.95. The summed E-state index contributed by atoms with van der Waals surface area (Å²) in [5, 5.41) is 13.0. The van der Waals surface area contributed by atoms with E-state index < -0.39 is 0 Å². The van der Waals surface area contributed by atoms with E-state index in [0.717, 1.165) is 16.1 Å². The zero-order chi connectivity index (χ0) is 16.9. The van der Waals surface area contributed by atoms with Crippen molar-refractivity contribution in [2.75, 3.05) is 16.9 Å². The summed E-state index contributed by atoms with van der Waals surface area (Å²) in [6, 6.07) is 4.70. The van der Waals surface area contributed by atoms with Crippen LogP contribution in [-0.2, 0) is 6.54 Å². The standard InChI is InChI=1S/C15H14ClFN6S/c1-24-13-3-2-10(17)4-9(13)5-18-14-12(16)8-19-15(23-14)22-11-6-20-21-7-11/h2-4,6-8H,5H2,1H3,(H,20,21)(H2,18,19,22,23). The first-order valence-corrected chi connectivity index (χ1v) is 8.60. The van der Waals surface area contributed by atoms with Gasteiger partial charge in [0.1, 0.15) is 10.8 Å². The number of nitrogens with zero attached hydrogens (tertiary/aromatic N) is 3. The molecule has 3 rings (SSSR count). The average molecular weight is 365 g/mol. The van der Waals surface area contributed by atoms with Gasteiger partial charge in [-0.1, -0.05) is 11.6 Å². The molecule has 6 nitrogen and oxygen atoms in total. The SMILES string of the molecule is CSc1ccc(F)cc1CNc1nc(Nc2cn[nH]c2)ncc1Cl. The highest BCUT2D eigenvalue weighted by atomic mass is 35.5. The Kier molecular flexibility index (Phi) is 5.17.